The molecule has 1 aromatic heterocycles. The summed E-state index contributed by atoms with van der Waals surface area (Å²) in [6.45, 7) is 5.73. The van der Waals surface area contributed by atoms with Crippen molar-refractivity contribution >= 4 is 5.91 Å². The molecule has 0 N–H and O–H groups in total. The van der Waals surface area contributed by atoms with E-state index in [4.69, 9.17) is 4.74 Å². The van der Waals surface area contributed by atoms with Gasteiger partial charge in [0.15, 0.2) is 0 Å². The minimum Gasteiger partial charge on any atom is -0.375 e. The van der Waals surface area contributed by atoms with Gasteiger partial charge in [-0.1, -0.05) is 6.92 Å². The average molecular weight is 306 g/mol. The van der Waals surface area contributed by atoms with Gasteiger partial charge in [0.2, 0.25) is 5.91 Å². The van der Waals surface area contributed by atoms with Crippen LogP contribution < -0.4 is 0 Å². The normalized spacial score (nSPS) is 26.5. The van der Waals surface area contributed by atoms with E-state index in [0.717, 1.165) is 38.9 Å². The van der Waals surface area contributed by atoms with Crippen LogP contribution in [0.3, 0.4) is 0 Å². The Morgan fingerprint density at radius 2 is 2.32 bits per heavy atom. The van der Waals surface area contributed by atoms with E-state index in [1.165, 1.54) is 5.56 Å². The molecular weight excluding hydrogens is 280 g/mol. The lowest BCUT2D eigenvalue weighted by atomic mass is 10.1. The van der Waals surface area contributed by atoms with Crippen molar-refractivity contribution in [2.75, 3.05) is 32.8 Å². The van der Waals surface area contributed by atoms with Gasteiger partial charge >= 0.3 is 0 Å². The summed E-state index contributed by atoms with van der Waals surface area (Å²) >= 11 is 0. The van der Waals surface area contributed by atoms with Gasteiger partial charge < -0.3 is 9.64 Å². The highest BCUT2D eigenvalue weighted by Gasteiger charge is 2.31. The smallest absolute Gasteiger partial charge is 0.236 e. The molecule has 3 heterocycles. The minimum atomic E-state index is 0.199. The number of hydrogen-bond donors (Lipinski definition) is 0. The van der Waals surface area contributed by atoms with Gasteiger partial charge in [0.05, 0.1) is 25.5 Å². The summed E-state index contributed by atoms with van der Waals surface area (Å²) in [7, 11) is 1.94. The molecule has 22 heavy (non-hydrogen) atoms. The van der Waals surface area contributed by atoms with E-state index in [1.54, 1.807) is 0 Å². The van der Waals surface area contributed by atoms with Crippen LogP contribution in [0.15, 0.2) is 12.4 Å². The lowest BCUT2D eigenvalue weighted by Crippen LogP contribution is -2.48. The molecule has 3 rings (SSSR count). The van der Waals surface area contributed by atoms with Gasteiger partial charge in [-0.2, -0.15) is 5.10 Å². The zero-order valence-electron chi connectivity index (χ0n) is 13.6. The van der Waals surface area contributed by atoms with Crippen molar-refractivity contribution in [3.05, 3.63) is 18.0 Å². The maximum atomic E-state index is 12.6. The summed E-state index contributed by atoms with van der Waals surface area (Å²) in [5.41, 5.74) is 1.22. The highest BCUT2D eigenvalue weighted by atomic mass is 16.5. The molecule has 1 amide bonds. The molecule has 122 valence electrons. The first kappa shape index (κ1) is 15.5. The molecule has 2 saturated heterocycles. The molecule has 6 nitrogen and oxygen atoms in total. The molecule has 2 unspecified atom stereocenters. The van der Waals surface area contributed by atoms with Crippen molar-refractivity contribution in [1.82, 2.24) is 19.6 Å². The summed E-state index contributed by atoms with van der Waals surface area (Å²) in [4.78, 5) is 16.9. The molecule has 1 aromatic rings. The molecule has 0 spiro atoms. The van der Waals surface area contributed by atoms with E-state index in [1.807, 2.05) is 22.8 Å². The van der Waals surface area contributed by atoms with Gasteiger partial charge in [0, 0.05) is 37.9 Å². The number of carbonyl (C=O) groups is 1. The molecular formula is C16H26N4O2. The van der Waals surface area contributed by atoms with E-state index in [2.05, 4.69) is 23.1 Å². The summed E-state index contributed by atoms with van der Waals surface area (Å²) < 4.78 is 7.49. The molecule has 2 aliphatic heterocycles. The van der Waals surface area contributed by atoms with Crippen LogP contribution in [0.4, 0.5) is 0 Å². The number of aryl methyl sites for hydroxylation is 1. The molecule has 0 aliphatic carbocycles. The number of hydrogen-bond acceptors (Lipinski definition) is 4. The van der Waals surface area contributed by atoms with Crippen molar-refractivity contribution in [2.45, 2.75) is 38.3 Å². The molecule has 0 aromatic carbocycles. The van der Waals surface area contributed by atoms with Crippen LogP contribution in [0.1, 0.15) is 37.8 Å². The Balaban J connectivity index is 1.60. The summed E-state index contributed by atoms with van der Waals surface area (Å²) in [5.74, 6) is 0.234. The summed E-state index contributed by atoms with van der Waals surface area (Å²) in [6, 6.07) is 0.334. The van der Waals surface area contributed by atoms with Crippen molar-refractivity contribution in [3.8, 4) is 0 Å². The Morgan fingerprint density at radius 3 is 3.05 bits per heavy atom. The van der Waals surface area contributed by atoms with Gasteiger partial charge in [-0.05, 0) is 25.8 Å². The van der Waals surface area contributed by atoms with Crippen LogP contribution in [0.25, 0.3) is 0 Å². The van der Waals surface area contributed by atoms with E-state index in [-0.39, 0.29) is 12.0 Å². The fraction of sp³-hybridized carbons (Fsp3) is 0.750. The first-order chi connectivity index (χ1) is 10.7. The fourth-order valence-electron chi connectivity index (χ4n) is 3.47. The second kappa shape index (κ2) is 6.79. The van der Waals surface area contributed by atoms with Crippen molar-refractivity contribution in [1.29, 1.82) is 0 Å². The molecule has 2 aliphatic rings. The molecule has 0 radical (unpaired) electrons. The van der Waals surface area contributed by atoms with E-state index >= 15 is 0 Å². The highest BCUT2D eigenvalue weighted by molar-refractivity contribution is 5.78. The number of ether oxygens (including phenoxy) is 1. The van der Waals surface area contributed by atoms with Crippen LogP contribution in [0.5, 0.6) is 0 Å². The fourth-order valence-corrected chi connectivity index (χ4v) is 3.47. The van der Waals surface area contributed by atoms with Gasteiger partial charge in [-0.15, -0.1) is 0 Å². The molecule has 2 atom stereocenters. The Bertz CT molecular complexity index is 516. The number of nitrogens with zero attached hydrogens (tertiary/aromatic N) is 4. The molecule has 2 fully saturated rings. The van der Waals surface area contributed by atoms with Crippen LogP contribution in [0.2, 0.25) is 0 Å². The molecule has 6 heteroatoms. The first-order valence-electron chi connectivity index (χ1n) is 8.29. The summed E-state index contributed by atoms with van der Waals surface area (Å²) in [5, 5.41) is 4.26. The zero-order chi connectivity index (χ0) is 15.5. The maximum absolute atomic E-state index is 12.6. The standard InChI is InChI=1S/C16H26N4O2/c1-3-14-11-20(7-8-22-14)16(21)12-19-6-4-5-15(19)13-9-17-18(2)10-13/h9-10,14-15H,3-8,11-12H2,1-2H3. The highest BCUT2D eigenvalue weighted by Crippen LogP contribution is 2.31. The number of likely N-dealkylation sites (tertiary alicyclic amines) is 1. The van der Waals surface area contributed by atoms with Crippen molar-refractivity contribution < 1.29 is 9.53 Å². The largest absolute Gasteiger partial charge is 0.375 e. The van der Waals surface area contributed by atoms with Gasteiger partial charge in [0.1, 0.15) is 0 Å². The Morgan fingerprint density at radius 1 is 1.45 bits per heavy atom. The number of carbonyl (C=O) groups excluding carboxylic acids is 1. The zero-order valence-corrected chi connectivity index (χ0v) is 13.6. The Kier molecular flexibility index (Phi) is 4.78. The monoisotopic (exact) mass is 306 g/mol. The lowest BCUT2D eigenvalue weighted by molar-refractivity contribution is -0.140. The van der Waals surface area contributed by atoms with E-state index in [0.29, 0.717) is 19.2 Å². The third-order valence-electron chi connectivity index (χ3n) is 4.76. The Hall–Kier alpha value is -1.40. The van der Waals surface area contributed by atoms with Crippen LogP contribution in [-0.4, -0.2) is 64.4 Å². The maximum Gasteiger partial charge on any atom is 0.236 e. The molecule has 0 saturated carbocycles. The van der Waals surface area contributed by atoms with Crippen LogP contribution in [0, 0.1) is 0 Å². The number of amides is 1. The number of rotatable bonds is 4. The van der Waals surface area contributed by atoms with Crippen LogP contribution in [-0.2, 0) is 16.6 Å². The quantitative estimate of drug-likeness (QED) is 0.838. The molecule has 0 bridgehead atoms. The minimum absolute atomic E-state index is 0.199. The SMILES string of the molecule is CCC1CN(C(=O)CN2CCCC2c2cnn(C)c2)CCO1. The van der Waals surface area contributed by atoms with Crippen molar-refractivity contribution in [2.24, 2.45) is 7.05 Å². The number of aromatic nitrogens is 2. The second-order valence-electron chi connectivity index (χ2n) is 6.32. The van der Waals surface area contributed by atoms with Gasteiger partial charge in [-0.3, -0.25) is 14.4 Å². The third-order valence-corrected chi connectivity index (χ3v) is 4.76. The second-order valence-corrected chi connectivity index (χ2v) is 6.32. The van der Waals surface area contributed by atoms with Crippen LogP contribution >= 0.6 is 0 Å². The average Bonchev–Trinajstić information content (AvgIpc) is 3.16. The first-order valence-corrected chi connectivity index (χ1v) is 8.29. The number of morpholine rings is 1. The van der Waals surface area contributed by atoms with Gasteiger partial charge in [-0.25, -0.2) is 0 Å². The Labute approximate surface area is 132 Å². The van der Waals surface area contributed by atoms with E-state index < -0.39 is 0 Å². The topological polar surface area (TPSA) is 50.6 Å². The predicted octanol–water partition coefficient (Wildman–Crippen LogP) is 1.19. The van der Waals surface area contributed by atoms with Crippen molar-refractivity contribution in [3.63, 3.8) is 0 Å². The predicted molar refractivity (Wildman–Crippen MR) is 83.4 cm³/mol. The summed E-state index contributed by atoms with van der Waals surface area (Å²) in [6.07, 6.45) is 7.41. The lowest BCUT2D eigenvalue weighted by Gasteiger charge is -2.34. The third kappa shape index (κ3) is 3.33. The van der Waals surface area contributed by atoms with E-state index in [9.17, 15) is 4.79 Å². The van der Waals surface area contributed by atoms with Gasteiger partial charge in [0.25, 0.3) is 0 Å².